The van der Waals surface area contributed by atoms with Crippen LogP contribution in [-0.2, 0) is 47.4 Å². The Hall–Kier alpha value is -2.38. The quantitative estimate of drug-likeness (QED) is 0.0648. The van der Waals surface area contributed by atoms with Gasteiger partial charge in [0.25, 0.3) is 0 Å². The molecule has 0 aromatic heterocycles. The summed E-state index contributed by atoms with van der Waals surface area (Å²) in [6, 6.07) is 4.35. The molecule has 6 rings (SSSR count). The highest BCUT2D eigenvalue weighted by Crippen LogP contribution is 2.37. The van der Waals surface area contributed by atoms with Gasteiger partial charge in [0.1, 0.15) is 91.4 Å². The highest BCUT2D eigenvalue weighted by Gasteiger charge is 2.53. The van der Waals surface area contributed by atoms with E-state index in [0.717, 1.165) is 17.8 Å². The smallest absolute Gasteiger partial charge is 0.330 e. The molecule has 0 bridgehead atoms. The second-order valence-electron chi connectivity index (χ2n) is 14.4. The second-order valence-corrected chi connectivity index (χ2v) is 15.7. The number of benzene rings is 1. The van der Waals surface area contributed by atoms with Crippen LogP contribution in [0.3, 0.4) is 0 Å². The maximum absolute atomic E-state index is 12.5. The summed E-state index contributed by atoms with van der Waals surface area (Å²) in [5.74, 6) is -0.794. The average Bonchev–Trinajstić information content (AvgIpc) is 3.49. The van der Waals surface area contributed by atoms with Gasteiger partial charge in [-0.1, -0.05) is 6.07 Å². The van der Waals surface area contributed by atoms with E-state index in [0.29, 0.717) is 5.56 Å². The highest BCUT2D eigenvalue weighted by atomic mass is 32.2. The van der Waals surface area contributed by atoms with E-state index in [1.54, 1.807) is 0 Å². The van der Waals surface area contributed by atoms with Crippen molar-refractivity contribution in [1.82, 2.24) is 0 Å². The summed E-state index contributed by atoms with van der Waals surface area (Å²) in [6.07, 6.45) is -26.3. The van der Waals surface area contributed by atoms with E-state index < -0.39 is 147 Å². The molecule has 59 heavy (non-hydrogen) atoms. The Bertz CT molecular complexity index is 1560. The lowest BCUT2D eigenvalue weighted by Crippen LogP contribution is -2.62. The number of thioether (sulfide) groups is 1. The van der Waals surface area contributed by atoms with Crippen molar-refractivity contribution >= 4 is 23.8 Å². The number of rotatable bonds is 13. The Morgan fingerprint density at radius 2 is 1.37 bits per heavy atom. The normalized spacial score (nSPS) is 44.4. The number of phenols is 1. The Kier molecular flexibility index (Phi) is 15.8. The number of aliphatic hydroxyl groups is 11. The third-order valence-corrected chi connectivity index (χ3v) is 11.7. The zero-order valence-corrected chi connectivity index (χ0v) is 32.1. The number of aromatic hydroxyl groups is 1. The summed E-state index contributed by atoms with van der Waals surface area (Å²) in [6.45, 7) is -2.10. The number of methoxy groups -OCH3 is 1. The van der Waals surface area contributed by atoms with E-state index in [9.17, 15) is 66.1 Å². The number of carbonyl (C=O) groups excluding carboxylic acids is 1. The van der Waals surface area contributed by atoms with Gasteiger partial charge in [0, 0.05) is 6.08 Å². The van der Waals surface area contributed by atoms with Crippen LogP contribution < -0.4 is 4.74 Å². The molecule has 1 unspecified atom stereocenters. The van der Waals surface area contributed by atoms with Crippen LogP contribution in [0.2, 0.25) is 0 Å². The first-order chi connectivity index (χ1) is 28.1. The molecular formula is C35H50O23S. The van der Waals surface area contributed by atoms with Gasteiger partial charge in [-0.05, 0) is 23.8 Å². The Labute approximate surface area is 339 Å². The summed E-state index contributed by atoms with van der Waals surface area (Å²) in [7, 11) is 1.36. The van der Waals surface area contributed by atoms with Gasteiger partial charge in [0.2, 0.25) is 0 Å². The van der Waals surface area contributed by atoms with Gasteiger partial charge in [0.05, 0.1) is 44.9 Å². The van der Waals surface area contributed by atoms with Crippen molar-refractivity contribution in [3.63, 3.8) is 0 Å². The molecule has 0 radical (unpaired) electrons. The van der Waals surface area contributed by atoms with Gasteiger partial charge < -0.3 is 109 Å². The minimum Gasteiger partial charge on any atom is -0.504 e. The molecule has 23 nitrogen and oxygen atoms in total. The summed E-state index contributed by atoms with van der Waals surface area (Å²) < 4.78 is 55.2. The molecule has 12 N–H and O–H groups in total. The highest BCUT2D eigenvalue weighted by molar-refractivity contribution is 8.00. The fourth-order valence-electron chi connectivity index (χ4n) is 6.75. The molecule has 0 amide bonds. The molecule has 5 aliphatic rings. The molecule has 20 atom stereocenters. The van der Waals surface area contributed by atoms with Crippen molar-refractivity contribution < 1.29 is 113 Å². The molecule has 24 heteroatoms. The van der Waals surface area contributed by atoms with E-state index in [4.69, 9.17) is 47.4 Å². The zero-order chi connectivity index (χ0) is 42.7. The van der Waals surface area contributed by atoms with Crippen molar-refractivity contribution in [2.75, 3.05) is 40.1 Å². The SMILES string of the molecule is COc1cc(/C=C/C(=O)OC[C@H]2O[C@@H](O[C@@H]3[C@@H](O[C@@H]4CO[C@@H](O[C@H]5COC(O)[C@@H](O)[C@@H]5O)[C@H](O)[C@H]4O)OC[C@H](S[C@@H]4OC[C@@H](O)[C@H](O)[C@H]4O)[C@H]3O)[C@@H](O)[C@@H]2O)ccc1O. The van der Waals surface area contributed by atoms with Crippen LogP contribution in [0.4, 0.5) is 0 Å². The fraction of sp³-hybridized carbons (Fsp3) is 0.743. The number of esters is 1. The van der Waals surface area contributed by atoms with E-state index in [1.807, 2.05) is 0 Å². The first-order valence-electron chi connectivity index (χ1n) is 18.5. The third kappa shape index (κ3) is 10.6. The Morgan fingerprint density at radius 3 is 2.10 bits per heavy atom. The predicted octanol–water partition coefficient (Wildman–Crippen LogP) is -6.03. The number of hydrogen-bond donors (Lipinski definition) is 12. The van der Waals surface area contributed by atoms with Crippen molar-refractivity contribution in [3.8, 4) is 11.5 Å². The number of phenolic OH excluding ortho intramolecular Hbond substituents is 1. The van der Waals surface area contributed by atoms with E-state index >= 15 is 0 Å². The Morgan fingerprint density at radius 1 is 0.712 bits per heavy atom. The number of carbonyl (C=O) groups is 1. The topological polar surface area (TPSA) is 352 Å². The average molecular weight is 871 g/mol. The maximum atomic E-state index is 12.5. The minimum atomic E-state index is -1.83. The fourth-order valence-corrected chi connectivity index (χ4v) is 8.05. The maximum Gasteiger partial charge on any atom is 0.330 e. The molecular weight excluding hydrogens is 820 g/mol. The monoisotopic (exact) mass is 870 g/mol. The standard InChI is InChI=1S/C35H50O23S/c1-49-15-6-12(2-4-13(15)36)3-5-20(38)50-8-16-24(42)28(46)33(56-16)58-30-25(43)19(59-35-29(47)21(39)14(37)7-54-35)11-53-34(30)57-18-10-52-32(27(45)23(18)41)55-17-9-51-31(48)26(44)22(17)40/h2-6,14,16-19,21-37,39-48H,7-11H2,1H3/b5-3+/t14-,16-,17+,18-,19+,21+,22-,23+,24-,25-,26+,27-,28+,29-,30+,31?,32+,33+,34-,35+/m1/s1. The van der Waals surface area contributed by atoms with Crippen LogP contribution in [0.25, 0.3) is 6.08 Å². The molecule has 0 aliphatic carbocycles. The molecule has 334 valence electrons. The molecule has 5 fully saturated rings. The number of hydrogen-bond acceptors (Lipinski definition) is 24. The Balaban J connectivity index is 1.10. The largest absolute Gasteiger partial charge is 0.504 e. The van der Waals surface area contributed by atoms with Crippen LogP contribution >= 0.6 is 11.8 Å². The molecule has 5 aliphatic heterocycles. The van der Waals surface area contributed by atoms with E-state index in [1.165, 1.54) is 31.4 Å². The van der Waals surface area contributed by atoms with Gasteiger partial charge in [0.15, 0.2) is 36.7 Å². The minimum absolute atomic E-state index is 0.107. The molecule has 1 aromatic carbocycles. The lowest BCUT2D eigenvalue weighted by atomic mass is 10.0. The van der Waals surface area contributed by atoms with Crippen LogP contribution in [0.15, 0.2) is 24.3 Å². The molecule has 0 spiro atoms. The third-order valence-electron chi connectivity index (χ3n) is 10.3. The summed E-state index contributed by atoms with van der Waals surface area (Å²) in [5.41, 5.74) is -0.670. The second kappa shape index (κ2) is 20.2. The first kappa shape index (κ1) is 46.1. The van der Waals surface area contributed by atoms with Gasteiger partial charge in [-0.3, -0.25) is 0 Å². The molecule has 1 aromatic rings. The van der Waals surface area contributed by atoms with Crippen LogP contribution in [0.1, 0.15) is 5.56 Å². The molecule has 5 heterocycles. The summed E-state index contributed by atoms with van der Waals surface area (Å²) >= 11 is 0.826. The van der Waals surface area contributed by atoms with Gasteiger partial charge >= 0.3 is 5.97 Å². The summed E-state index contributed by atoms with van der Waals surface area (Å²) in [4.78, 5) is 12.5. The van der Waals surface area contributed by atoms with Crippen molar-refractivity contribution in [2.45, 2.75) is 121 Å². The molecule has 0 saturated carbocycles. The van der Waals surface area contributed by atoms with Crippen LogP contribution in [-0.4, -0.2) is 229 Å². The van der Waals surface area contributed by atoms with Gasteiger partial charge in [-0.25, -0.2) is 4.79 Å². The van der Waals surface area contributed by atoms with Crippen molar-refractivity contribution in [2.24, 2.45) is 0 Å². The lowest BCUT2D eigenvalue weighted by Gasteiger charge is -2.45. The summed E-state index contributed by atoms with van der Waals surface area (Å²) in [5, 5.41) is 124. The van der Waals surface area contributed by atoms with E-state index in [-0.39, 0.29) is 24.7 Å². The number of ether oxygens (including phenoxy) is 10. The van der Waals surface area contributed by atoms with Crippen molar-refractivity contribution in [1.29, 1.82) is 0 Å². The lowest BCUT2D eigenvalue weighted by molar-refractivity contribution is -0.351. The number of aliphatic hydroxyl groups excluding tert-OH is 11. The van der Waals surface area contributed by atoms with Crippen LogP contribution in [0.5, 0.6) is 11.5 Å². The molecule has 5 saturated heterocycles. The van der Waals surface area contributed by atoms with Crippen LogP contribution in [0, 0.1) is 0 Å². The predicted molar refractivity (Wildman–Crippen MR) is 191 cm³/mol. The van der Waals surface area contributed by atoms with Gasteiger partial charge in [-0.2, -0.15) is 0 Å². The first-order valence-corrected chi connectivity index (χ1v) is 19.5. The van der Waals surface area contributed by atoms with Gasteiger partial charge in [-0.15, -0.1) is 11.8 Å². The van der Waals surface area contributed by atoms with E-state index in [2.05, 4.69) is 0 Å². The zero-order valence-electron chi connectivity index (χ0n) is 31.2. The van der Waals surface area contributed by atoms with Crippen molar-refractivity contribution in [3.05, 3.63) is 29.8 Å².